The lowest BCUT2D eigenvalue weighted by Gasteiger charge is -2.24. The van der Waals surface area contributed by atoms with Gasteiger partial charge in [0, 0.05) is 32.8 Å². The highest BCUT2D eigenvalue weighted by Gasteiger charge is 2.29. The Labute approximate surface area is 177 Å². The zero-order chi connectivity index (χ0) is 22.1. The average molecular weight is 432 g/mol. The van der Waals surface area contributed by atoms with Crippen molar-refractivity contribution in [3.63, 3.8) is 0 Å². The van der Waals surface area contributed by atoms with Crippen LogP contribution in [0.2, 0.25) is 0 Å². The standard InChI is InChI=1S/C22H23F3N4O2/c1-3-12-4-6-29-16(9-13-11-27-5-7-31-13)21(28-17(29)8-12)18-15(23)10-14(22(30)26-2)19(24)20(18)25/h4,6,8,10,13,27H,3,5,7,9,11H2,1-2H3,(H,26,30)/t13-/m0/s1. The highest BCUT2D eigenvalue weighted by molar-refractivity contribution is 5.95. The number of pyridine rings is 1. The number of carbonyl (C=O) groups excluding carboxylic acids is 1. The lowest BCUT2D eigenvalue weighted by molar-refractivity contribution is 0.0286. The summed E-state index contributed by atoms with van der Waals surface area (Å²) in [6, 6.07) is 4.44. The number of nitrogens with zero attached hydrogens (tertiary/aromatic N) is 2. The van der Waals surface area contributed by atoms with Crippen molar-refractivity contribution in [2.45, 2.75) is 25.9 Å². The van der Waals surface area contributed by atoms with Crippen molar-refractivity contribution in [2.75, 3.05) is 26.7 Å². The zero-order valence-corrected chi connectivity index (χ0v) is 17.3. The molecule has 0 unspecified atom stereocenters. The van der Waals surface area contributed by atoms with E-state index in [0.29, 0.717) is 37.0 Å². The van der Waals surface area contributed by atoms with Crippen LogP contribution < -0.4 is 10.6 Å². The maximum atomic E-state index is 15.0. The lowest BCUT2D eigenvalue weighted by atomic mass is 10.0. The van der Waals surface area contributed by atoms with E-state index in [2.05, 4.69) is 15.6 Å². The molecular weight excluding hydrogens is 409 g/mol. The third kappa shape index (κ3) is 3.90. The Morgan fingerprint density at radius 1 is 1.32 bits per heavy atom. The predicted molar refractivity (Wildman–Crippen MR) is 110 cm³/mol. The summed E-state index contributed by atoms with van der Waals surface area (Å²) < 4.78 is 52.2. The first-order chi connectivity index (χ1) is 14.9. The molecule has 1 saturated heterocycles. The number of fused-ring (bicyclic) bond motifs is 1. The maximum absolute atomic E-state index is 15.0. The summed E-state index contributed by atoms with van der Waals surface area (Å²) in [4.78, 5) is 16.3. The molecule has 4 rings (SSSR count). The fraction of sp³-hybridized carbons (Fsp3) is 0.364. The van der Waals surface area contributed by atoms with Crippen molar-refractivity contribution < 1.29 is 22.7 Å². The summed E-state index contributed by atoms with van der Waals surface area (Å²) in [6.45, 7) is 3.82. The summed E-state index contributed by atoms with van der Waals surface area (Å²) in [5.41, 5.74) is 0.734. The summed E-state index contributed by atoms with van der Waals surface area (Å²) >= 11 is 0. The highest BCUT2D eigenvalue weighted by Crippen LogP contribution is 2.33. The number of carbonyl (C=O) groups is 1. The van der Waals surface area contributed by atoms with Crippen LogP contribution in [0.3, 0.4) is 0 Å². The summed E-state index contributed by atoms with van der Waals surface area (Å²) in [5.74, 6) is -4.82. The fourth-order valence-corrected chi connectivity index (χ4v) is 3.83. The van der Waals surface area contributed by atoms with Crippen molar-refractivity contribution >= 4 is 11.6 Å². The molecule has 2 N–H and O–H groups in total. The normalized spacial score (nSPS) is 16.6. The first kappa shape index (κ1) is 21.3. The SMILES string of the molecule is CCc1ccn2c(C[C@H]3CNCCO3)c(-c3c(F)cc(C(=O)NC)c(F)c3F)nc2c1. The van der Waals surface area contributed by atoms with Crippen LogP contribution in [0.15, 0.2) is 24.4 Å². The Morgan fingerprint density at radius 3 is 2.81 bits per heavy atom. The topological polar surface area (TPSA) is 67.7 Å². The monoisotopic (exact) mass is 432 g/mol. The molecule has 3 aromatic rings. The van der Waals surface area contributed by atoms with E-state index >= 15 is 8.78 Å². The van der Waals surface area contributed by atoms with Crippen LogP contribution in [0.4, 0.5) is 13.2 Å². The predicted octanol–water partition coefficient (Wildman–Crippen LogP) is 2.87. The number of hydrogen-bond donors (Lipinski definition) is 2. The minimum absolute atomic E-state index is 0.000201. The second-order valence-corrected chi connectivity index (χ2v) is 7.41. The largest absolute Gasteiger partial charge is 0.375 e. The Hall–Kier alpha value is -2.91. The number of rotatable bonds is 5. The third-order valence-corrected chi connectivity index (χ3v) is 5.49. The van der Waals surface area contributed by atoms with Crippen LogP contribution in [-0.2, 0) is 17.6 Å². The van der Waals surface area contributed by atoms with Crippen molar-refractivity contribution in [1.82, 2.24) is 20.0 Å². The average Bonchev–Trinajstić information content (AvgIpc) is 3.13. The van der Waals surface area contributed by atoms with Crippen molar-refractivity contribution in [3.8, 4) is 11.3 Å². The molecule has 0 saturated carbocycles. The molecule has 0 spiro atoms. The molecular formula is C22H23F3N4O2. The number of hydrogen-bond acceptors (Lipinski definition) is 4. The van der Waals surface area contributed by atoms with Crippen LogP contribution in [0.5, 0.6) is 0 Å². The number of benzene rings is 1. The number of amides is 1. The van der Waals surface area contributed by atoms with Gasteiger partial charge in [-0.05, 0) is 30.2 Å². The van der Waals surface area contributed by atoms with Gasteiger partial charge in [-0.15, -0.1) is 0 Å². The number of nitrogens with one attached hydrogen (secondary N) is 2. The van der Waals surface area contributed by atoms with Gasteiger partial charge in [0.2, 0.25) is 0 Å². The minimum atomic E-state index is -1.44. The van der Waals surface area contributed by atoms with Gasteiger partial charge < -0.3 is 19.8 Å². The van der Waals surface area contributed by atoms with E-state index in [-0.39, 0.29) is 11.8 Å². The number of aryl methyl sites for hydroxylation is 1. The summed E-state index contributed by atoms with van der Waals surface area (Å²) in [5, 5.41) is 5.40. The molecule has 1 amide bonds. The van der Waals surface area contributed by atoms with Crippen LogP contribution >= 0.6 is 0 Å². The van der Waals surface area contributed by atoms with Gasteiger partial charge in [0.1, 0.15) is 11.5 Å². The Kier molecular flexibility index (Phi) is 5.97. The molecule has 1 aromatic carbocycles. The molecule has 6 nitrogen and oxygen atoms in total. The second-order valence-electron chi connectivity index (χ2n) is 7.41. The zero-order valence-electron chi connectivity index (χ0n) is 17.3. The van der Waals surface area contributed by atoms with Crippen LogP contribution in [0.1, 0.15) is 28.5 Å². The van der Waals surface area contributed by atoms with Gasteiger partial charge in [-0.2, -0.15) is 0 Å². The van der Waals surface area contributed by atoms with Gasteiger partial charge in [-0.1, -0.05) is 6.92 Å². The second kappa shape index (κ2) is 8.68. The van der Waals surface area contributed by atoms with Gasteiger partial charge in [0.15, 0.2) is 11.6 Å². The van der Waals surface area contributed by atoms with Crippen molar-refractivity contribution in [3.05, 3.63) is 58.7 Å². The molecule has 164 valence electrons. The fourth-order valence-electron chi connectivity index (χ4n) is 3.83. The van der Waals surface area contributed by atoms with E-state index in [1.165, 1.54) is 7.05 Å². The number of morpholine rings is 1. The van der Waals surface area contributed by atoms with E-state index in [1.807, 2.05) is 19.1 Å². The molecule has 1 atom stereocenters. The molecule has 9 heteroatoms. The Morgan fingerprint density at radius 2 is 2.13 bits per heavy atom. The first-order valence-corrected chi connectivity index (χ1v) is 10.2. The van der Waals surface area contributed by atoms with Crippen LogP contribution in [0, 0.1) is 17.5 Å². The third-order valence-electron chi connectivity index (χ3n) is 5.49. The van der Waals surface area contributed by atoms with Gasteiger partial charge in [0.05, 0.1) is 35.2 Å². The van der Waals surface area contributed by atoms with Gasteiger partial charge in [-0.3, -0.25) is 4.79 Å². The van der Waals surface area contributed by atoms with E-state index < -0.39 is 34.5 Å². The van der Waals surface area contributed by atoms with E-state index in [4.69, 9.17) is 4.74 Å². The van der Waals surface area contributed by atoms with Crippen molar-refractivity contribution in [2.24, 2.45) is 0 Å². The number of halogens is 3. The van der Waals surface area contributed by atoms with Crippen LogP contribution in [-0.4, -0.2) is 48.1 Å². The summed E-state index contributed by atoms with van der Waals surface area (Å²) in [7, 11) is 1.26. The molecule has 1 aliphatic rings. The molecule has 2 aromatic heterocycles. The van der Waals surface area contributed by atoms with Gasteiger partial charge >= 0.3 is 0 Å². The first-order valence-electron chi connectivity index (χ1n) is 10.2. The summed E-state index contributed by atoms with van der Waals surface area (Å²) in [6.07, 6.45) is 2.66. The van der Waals surface area contributed by atoms with Gasteiger partial charge in [-0.25, -0.2) is 18.2 Å². The van der Waals surface area contributed by atoms with E-state index in [9.17, 15) is 9.18 Å². The van der Waals surface area contributed by atoms with E-state index in [1.54, 1.807) is 10.6 Å². The molecule has 0 bridgehead atoms. The number of imidazole rings is 1. The highest BCUT2D eigenvalue weighted by atomic mass is 19.2. The molecule has 0 radical (unpaired) electrons. The number of ether oxygens (including phenoxy) is 1. The Balaban J connectivity index is 1.91. The smallest absolute Gasteiger partial charge is 0.254 e. The molecule has 1 aliphatic heterocycles. The lowest BCUT2D eigenvalue weighted by Crippen LogP contribution is -2.39. The van der Waals surface area contributed by atoms with E-state index in [0.717, 1.165) is 18.5 Å². The quantitative estimate of drug-likeness (QED) is 0.609. The molecule has 0 aliphatic carbocycles. The van der Waals surface area contributed by atoms with Gasteiger partial charge in [0.25, 0.3) is 5.91 Å². The molecule has 3 heterocycles. The number of aromatic nitrogens is 2. The molecule has 31 heavy (non-hydrogen) atoms. The Bertz CT molecular complexity index is 1140. The van der Waals surface area contributed by atoms with Crippen molar-refractivity contribution in [1.29, 1.82) is 0 Å². The molecule has 1 fully saturated rings. The van der Waals surface area contributed by atoms with Crippen LogP contribution in [0.25, 0.3) is 16.9 Å². The maximum Gasteiger partial charge on any atom is 0.254 e. The minimum Gasteiger partial charge on any atom is -0.375 e.